The van der Waals surface area contributed by atoms with E-state index in [2.05, 4.69) is 0 Å². The Balaban J connectivity index is 1.93. The molecule has 0 aromatic heterocycles. The van der Waals surface area contributed by atoms with E-state index >= 15 is 0 Å². The number of carbonyl (C=O) groups is 1. The van der Waals surface area contributed by atoms with Crippen LogP contribution in [-0.4, -0.2) is 26.2 Å². The zero-order valence-corrected chi connectivity index (χ0v) is 13.6. The molecule has 1 aliphatic rings. The summed E-state index contributed by atoms with van der Waals surface area (Å²) in [4.78, 5) is 13.9. The molecule has 0 bridgehead atoms. The van der Waals surface area contributed by atoms with Crippen LogP contribution in [0.2, 0.25) is 5.02 Å². The highest BCUT2D eigenvalue weighted by Gasteiger charge is 2.46. The van der Waals surface area contributed by atoms with Crippen molar-refractivity contribution >= 4 is 23.2 Å². The van der Waals surface area contributed by atoms with E-state index in [1.807, 2.05) is 24.3 Å². The summed E-state index contributed by atoms with van der Waals surface area (Å²) in [6, 6.07) is 12.0. The van der Waals surface area contributed by atoms with E-state index in [1.54, 1.807) is 37.3 Å². The van der Waals surface area contributed by atoms with Gasteiger partial charge in [0, 0.05) is 5.69 Å². The fraction of sp³-hybridized carbons (Fsp3) is 0.235. The lowest BCUT2D eigenvalue weighted by atomic mass is 9.88. The second kappa shape index (κ2) is 6.10. The van der Waals surface area contributed by atoms with Gasteiger partial charge in [-0.2, -0.15) is 0 Å². The van der Waals surface area contributed by atoms with Gasteiger partial charge in [0.2, 0.25) is 5.91 Å². The van der Waals surface area contributed by atoms with E-state index < -0.39 is 6.04 Å². The number of amides is 1. The van der Waals surface area contributed by atoms with Crippen molar-refractivity contribution < 1.29 is 14.3 Å². The Morgan fingerprint density at radius 3 is 2.35 bits per heavy atom. The number of β-lactam (4-membered cyclic amide) rings is 1. The van der Waals surface area contributed by atoms with Crippen LogP contribution in [0.25, 0.3) is 0 Å². The van der Waals surface area contributed by atoms with Crippen LogP contribution in [0.5, 0.6) is 11.5 Å². The zero-order chi connectivity index (χ0) is 16.6. The van der Waals surface area contributed by atoms with Gasteiger partial charge in [-0.25, -0.2) is 0 Å². The molecule has 0 aliphatic carbocycles. The van der Waals surface area contributed by atoms with Crippen LogP contribution in [0.3, 0.4) is 0 Å². The number of halogens is 1. The highest BCUT2D eigenvalue weighted by Crippen LogP contribution is 2.40. The van der Waals surface area contributed by atoms with Crippen LogP contribution in [0.1, 0.15) is 11.6 Å². The van der Waals surface area contributed by atoms with Crippen molar-refractivity contribution in [3.8, 4) is 11.5 Å². The maximum atomic E-state index is 12.2. The minimum Gasteiger partial charge on any atom is -0.497 e. The summed E-state index contributed by atoms with van der Waals surface area (Å²) in [5.74, 6) is 1.19. The lowest BCUT2D eigenvalue weighted by Gasteiger charge is -2.45. The average Bonchev–Trinajstić information content (AvgIpc) is 2.58. The summed E-state index contributed by atoms with van der Waals surface area (Å²) in [6.07, 6.45) is 0. The van der Waals surface area contributed by atoms with E-state index in [0.29, 0.717) is 16.5 Å². The SMILES string of the molecule is COc1ccc(C2C(N)C(=O)N2c2ccc(OC)c(Cl)c2)cc1. The van der Waals surface area contributed by atoms with Crippen molar-refractivity contribution in [1.29, 1.82) is 0 Å². The Morgan fingerprint density at radius 2 is 1.78 bits per heavy atom. The summed E-state index contributed by atoms with van der Waals surface area (Å²) in [5, 5.41) is 0.451. The number of nitrogens with two attached hydrogens (primary N) is 1. The fourth-order valence-electron chi connectivity index (χ4n) is 2.76. The number of carbonyl (C=O) groups excluding carboxylic acids is 1. The molecule has 0 saturated carbocycles. The minimum absolute atomic E-state index is 0.132. The third kappa shape index (κ3) is 2.62. The monoisotopic (exact) mass is 332 g/mol. The molecule has 1 saturated heterocycles. The van der Waals surface area contributed by atoms with E-state index in [4.69, 9.17) is 26.8 Å². The van der Waals surface area contributed by atoms with Crippen LogP contribution in [0, 0.1) is 0 Å². The van der Waals surface area contributed by atoms with Gasteiger partial charge < -0.3 is 20.1 Å². The first-order valence-corrected chi connectivity index (χ1v) is 7.50. The number of benzene rings is 2. The largest absolute Gasteiger partial charge is 0.497 e. The number of ether oxygens (including phenoxy) is 2. The van der Waals surface area contributed by atoms with Crippen LogP contribution in [0.15, 0.2) is 42.5 Å². The molecule has 2 aromatic rings. The number of anilines is 1. The Kier molecular flexibility index (Phi) is 4.15. The zero-order valence-electron chi connectivity index (χ0n) is 12.8. The van der Waals surface area contributed by atoms with Crippen molar-refractivity contribution in [2.45, 2.75) is 12.1 Å². The molecule has 1 aliphatic heterocycles. The summed E-state index contributed by atoms with van der Waals surface area (Å²) in [6.45, 7) is 0. The van der Waals surface area contributed by atoms with E-state index in [1.165, 1.54) is 0 Å². The van der Waals surface area contributed by atoms with Crippen molar-refractivity contribution in [2.24, 2.45) is 5.73 Å². The van der Waals surface area contributed by atoms with Gasteiger partial charge in [-0.1, -0.05) is 23.7 Å². The highest BCUT2D eigenvalue weighted by molar-refractivity contribution is 6.32. The summed E-state index contributed by atoms with van der Waals surface area (Å²) in [7, 11) is 3.16. The van der Waals surface area contributed by atoms with Crippen molar-refractivity contribution in [3.63, 3.8) is 0 Å². The molecular formula is C17H17ClN2O3. The number of rotatable bonds is 4. The summed E-state index contributed by atoms with van der Waals surface area (Å²) in [5.41, 5.74) is 7.66. The topological polar surface area (TPSA) is 64.8 Å². The lowest BCUT2D eigenvalue weighted by molar-refractivity contribution is -0.126. The number of hydrogen-bond acceptors (Lipinski definition) is 4. The van der Waals surface area contributed by atoms with Crippen LogP contribution >= 0.6 is 11.6 Å². The maximum Gasteiger partial charge on any atom is 0.247 e. The third-order valence-electron chi connectivity index (χ3n) is 4.01. The Bertz CT molecular complexity index is 733. The first-order chi connectivity index (χ1) is 11.1. The van der Waals surface area contributed by atoms with Gasteiger partial charge >= 0.3 is 0 Å². The molecule has 1 amide bonds. The van der Waals surface area contributed by atoms with Gasteiger partial charge in [-0.3, -0.25) is 4.79 Å². The number of hydrogen-bond donors (Lipinski definition) is 1. The van der Waals surface area contributed by atoms with E-state index in [0.717, 1.165) is 11.3 Å². The summed E-state index contributed by atoms with van der Waals surface area (Å²) >= 11 is 6.16. The smallest absolute Gasteiger partial charge is 0.247 e. The highest BCUT2D eigenvalue weighted by atomic mass is 35.5. The second-order valence-corrected chi connectivity index (χ2v) is 5.68. The predicted octanol–water partition coefficient (Wildman–Crippen LogP) is 2.77. The third-order valence-corrected chi connectivity index (χ3v) is 4.31. The second-order valence-electron chi connectivity index (χ2n) is 5.27. The minimum atomic E-state index is -0.565. The van der Waals surface area contributed by atoms with Gasteiger partial charge in [0.1, 0.15) is 17.5 Å². The molecule has 2 aromatic carbocycles. The normalized spacial score (nSPS) is 20.2. The first-order valence-electron chi connectivity index (χ1n) is 7.13. The molecule has 6 heteroatoms. The lowest BCUT2D eigenvalue weighted by Crippen LogP contribution is -2.63. The first kappa shape index (κ1) is 15.6. The molecule has 2 unspecified atom stereocenters. The van der Waals surface area contributed by atoms with Crippen LogP contribution in [-0.2, 0) is 4.79 Å². The standard InChI is InChI=1S/C17H17ClN2O3/c1-22-12-6-3-10(4-7-12)16-15(19)17(21)20(16)11-5-8-14(23-2)13(18)9-11/h3-9,15-16H,19H2,1-2H3. The molecule has 5 nitrogen and oxygen atoms in total. The van der Waals surface area contributed by atoms with Gasteiger partial charge in [-0.15, -0.1) is 0 Å². The van der Waals surface area contributed by atoms with Crippen LogP contribution < -0.4 is 20.1 Å². The number of methoxy groups -OCH3 is 2. The van der Waals surface area contributed by atoms with Gasteiger partial charge in [0.05, 0.1) is 25.3 Å². The average molecular weight is 333 g/mol. The Morgan fingerprint density at radius 1 is 1.09 bits per heavy atom. The maximum absolute atomic E-state index is 12.2. The molecule has 2 atom stereocenters. The molecular weight excluding hydrogens is 316 g/mol. The Hall–Kier alpha value is -2.24. The van der Waals surface area contributed by atoms with Crippen molar-refractivity contribution in [1.82, 2.24) is 0 Å². The van der Waals surface area contributed by atoms with Crippen molar-refractivity contribution in [2.75, 3.05) is 19.1 Å². The molecule has 0 radical (unpaired) electrons. The van der Waals surface area contributed by atoms with Crippen molar-refractivity contribution in [3.05, 3.63) is 53.1 Å². The molecule has 1 fully saturated rings. The van der Waals surface area contributed by atoms with Gasteiger partial charge in [0.25, 0.3) is 0 Å². The quantitative estimate of drug-likeness (QED) is 0.874. The molecule has 120 valence electrons. The van der Waals surface area contributed by atoms with Gasteiger partial charge in [0.15, 0.2) is 0 Å². The molecule has 1 heterocycles. The number of nitrogens with zero attached hydrogens (tertiary/aromatic N) is 1. The Labute approximate surface area is 139 Å². The fourth-order valence-corrected chi connectivity index (χ4v) is 3.01. The van der Waals surface area contributed by atoms with E-state index in [-0.39, 0.29) is 11.9 Å². The summed E-state index contributed by atoms with van der Waals surface area (Å²) < 4.78 is 10.3. The van der Waals surface area contributed by atoms with E-state index in [9.17, 15) is 4.79 Å². The van der Waals surface area contributed by atoms with Crippen LogP contribution in [0.4, 0.5) is 5.69 Å². The van der Waals surface area contributed by atoms with Gasteiger partial charge in [-0.05, 0) is 35.9 Å². The molecule has 23 heavy (non-hydrogen) atoms. The molecule has 3 rings (SSSR count). The molecule has 0 spiro atoms. The molecule has 2 N–H and O–H groups in total. The predicted molar refractivity (Wildman–Crippen MR) is 89.2 cm³/mol.